The van der Waals surface area contributed by atoms with Gasteiger partial charge in [0.15, 0.2) is 5.82 Å². The predicted molar refractivity (Wildman–Crippen MR) is 75.7 cm³/mol. The van der Waals surface area contributed by atoms with Crippen LogP contribution in [0.25, 0.3) is 11.4 Å². The van der Waals surface area contributed by atoms with E-state index in [-0.39, 0.29) is 5.60 Å². The monoisotopic (exact) mass is 274 g/mol. The third kappa shape index (κ3) is 2.32. The second-order valence-electron chi connectivity index (χ2n) is 5.41. The molecular formula is C13H18N6O. The standard InChI is InChI=1S/C13H18N6O/c1-13(5-2-6-20-13)8-19-12(16-17-18-19)10-4-3-9(14)7-11(10)15/h3-4,7H,2,5-6,8,14-15H2,1H3. The van der Waals surface area contributed by atoms with E-state index < -0.39 is 0 Å². The van der Waals surface area contributed by atoms with Crippen LogP contribution >= 0.6 is 0 Å². The van der Waals surface area contributed by atoms with Crippen LogP contribution < -0.4 is 11.5 Å². The minimum Gasteiger partial charge on any atom is -0.399 e. The molecular weight excluding hydrogens is 256 g/mol. The maximum atomic E-state index is 6.00. The first-order valence-corrected chi connectivity index (χ1v) is 6.63. The number of anilines is 2. The van der Waals surface area contributed by atoms with Crippen molar-refractivity contribution < 1.29 is 4.74 Å². The predicted octanol–water partition coefficient (Wildman–Crippen LogP) is 1.07. The van der Waals surface area contributed by atoms with Crippen molar-refractivity contribution in [2.24, 2.45) is 0 Å². The second-order valence-corrected chi connectivity index (χ2v) is 5.41. The van der Waals surface area contributed by atoms with Crippen LogP contribution in [0.3, 0.4) is 0 Å². The summed E-state index contributed by atoms with van der Waals surface area (Å²) in [5.41, 5.74) is 13.5. The molecule has 1 aliphatic rings. The molecule has 0 spiro atoms. The average Bonchev–Trinajstić information content (AvgIpc) is 3.00. The van der Waals surface area contributed by atoms with Crippen molar-refractivity contribution in [2.45, 2.75) is 31.9 Å². The fourth-order valence-electron chi connectivity index (χ4n) is 2.57. The summed E-state index contributed by atoms with van der Waals surface area (Å²) in [6.07, 6.45) is 2.07. The van der Waals surface area contributed by atoms with Crippen molar-refractivity contribution in [1.29, 1.82) is 0 Å². The van der Waals surface area contributed by atoms with E-state index in [0.717, 1.165) is 25.0 Å². The Bertz CT molecular complexity index is 617. The smallest absolute Gasteiger partial charge is 0.184 e. The van der Waals surface area contributed by atoms with Crippen LogP contribution in [0, 0.1) is 0 Å². The number of rotatable bonds is 3. The van der Waals surface area contributed by atoms with Gasteiger partial charge in [0.05, 0.1) is 12.1 Å². The number of hydrogen-bond donors (Lipinski definition) is 2. The zero-order valence-corrected chi connectivity index (χ0v) is 11.4. The van der Waals surface area contributed by atoms with Crippen molar-refractivity contribution in [2.75, 3.05) is 18.1 Å². The first-order chi connectivity index (χ1) is 9.57. The van der Waals surface area contributed by atoms with Crippen LogP contribution in [0.5, 0.6) is 0 Å². The van der Waals surface area contributed by atoms with Gasteiger partial charge < -0.3 is 16.2 Å². The maximum Gasteiger partial charge on any atom is 0.184 e. The van der Waals surface area contributed by atoms with Gasteiger partial charge in [-0.2, -0.15) is 0 Å². The molecule has 1 fully saturated rings. The molecule has 0 radical (unpaired) electrons. The molecule has 20 heavy (non-hydrogen) atoms. The van der Waals surface area contributed by atoms with E-state index in [1.807, 2.05) is 6.07 Å². The Hall–Kier alpha value is -2.15. The number of benzene rings is 1. The van der Waals surface area contributed by atoms with Gasteiger partial charge in [0, 0.05) is 23.5 Å². The molecule has 4 N–H and O–H groups in total. The highest BCUT2D eigenvalue weighted by Gasteiger charge is 2.32. The minimum atomic E-state index is -0.216. The fraction of sp³-hybridized carbons (Fsp3) is 0.462. The summed E-state index contributed by atoms with van der Waals surface area (Å²) >= 11 is 0. The van der Waals surface area contributed by atoms with Crippen molar-refractivity contribution >= 4 is 11.4 Å². The Labute approximate surface area is 116 Å². The first kappa shape index (κ1) is 12.9. The summed E-state index contributed by atoms with van der Waals surface area (Å²) in [5, 5.41) is 11.9. The number of nitrogens with zero attached hydrogens (tertiary/aromatic N) is 4. The molecule has 1 unspecified atom stereocenters. The van der Waals surface area contributed by atoms with Crippen LogP contribution in [0.4, 0.5) is 11.4 Å². The fourth-order valence-corrected chi connectivity index (χ4v) is 2.57. The molecule has 1 atom stereocenters. The summed E-state index contributed by atoms with van der Waals surface area (Å²) < 4.78 is 7.53. The molecule has 1 saturated heterocycles. The zero-order valence-electron chi connectivity index (χ0n) is 11.4. The Morgan fingerprint density at radius 2 is 2.25 bits per heavy atom. The second kappa shape index (κ2) is 4.75. The largest absolute Gasteiger partial charge is 0.399 e. The number of hydrogen-bond acceptors (Lipinski definition) is 6. The molecule has 7 heteroatoms. The summed E-state index contributed by atoms with van der Waals surface area (Å²) in [4.78, 5) is 0. The summed E-state index contributed by atoms with van der Waals surface area (Å²) in [6.45, 7) is 3.48. The highest BCUT2D eigenvalue weighted by Crippen LogP contribution is 2.30. The molecule has 2 heterocycles. The van der Waals surface area contributed by atoms with Gasteiger partial charge in [-0.3, -0.25) is 0 Å². The molecule has 0 saturated carbocycles. The molecule has 3 rings (SSSR count). The maximum absolute atomic E-state index is 6.00. The summed E-state index contributed by atoms with van der Waals surface area (Å²) in [6, 6.07) is 5.34. The minimum absolute atomic E-state index is 0.216. The van der Waals surface area contributed by atoms with E-state index in [0.29, 0.717) is 23.7 Å². The van der Waals surface area contributed by atoms with Crippen molar-refractivity contribution in [1.82, 2.24) is 20.2 Å². The van der Waals surface area contributed by atoms with Gasteiger partial charge in [-0.15, -0.1) is 5.10 Å². The highest BCUT2D eigenvalue weighted by atomic mass is 16.5. The van der Waals surface area contributed by atoms with Gasteiger partial charge in [0.2, 0.25) is 0 Å². The molecule has 0 bridgehead atoms. The third-order valence-corrected chi connectivity index (χ3v) is 3.63. The lowest BCUT2D eigenvalue weighted by Gasteiger charge is -2.23. The molecule has 0 amide bonds. The van der Waals surface area contributed by atoms with Gasteiger partial charge in [0.25, 0.3) is 0 Å². The number of nitrogens with two attached hydrogens (primary N) is 2. The topological polar surface area (TPSA) is 105 Å². The first-order valence-electron chi connectivity index (χ1n) is 6.63. The Balaban J connectivity index is 1.93. The van der Waals surface area contributed by atoms with Gasteiger partial charge in [-0.05, 0) is 48.4 Å². The molecule has 106 valence electrons. The molecule has 7 nitrogen and oxygen atoms in total. The van der Waals surface area contributed by atoms with Gasteiger partial charge in [0.1, 0.15) is 0 Å². The van der Waals surface area contributed by atoms with Gasteiger partial charge in [-0.1, -0.05) is 0 Å². The number of ether oxygens (including phenoxy) is 1. The van der Waals surface area contributed by atoms with Crippen molar-refractivity contribution in [3.63, 3.8) is 0 Å². The van der Waals surface area contributed by atoms with Gasteiger partial charge in [-0.25, -0.2) is 4.68 Å². The normalized spacial score (nSPS) is 22.2. The van der Waals surface area contributed by atoms with E-state index >= 15 is 0 Å². The lowest BCUT2D eigenvalue weighted by atomic mass is 10.0. The van der Waals surface area contributed by atoms with E-state index in [4.69, 9.17) is 16.2 Å². The van der Waals surface area contributed by atoms with E-state index in [1.54, 1.807) is 16.8 Å². The third-order valence-electron chi connectivity index (χ3n) is 3.63. The molecule has 0 aliphatic carbocycles. The Kier molecular flexibility index (Phi) is 3.06. The Morgan fingerprint density at radius 3 is 2.95 bits per heavy atom. The van der Waals surface area contributed by atoms with E-state index in [9.17, 15) is 0 Å². The van der Waals surface area contributed by atoms with E-state index in [1.165, 1.54) is 0 Å². The molecule has 1 aromatic carbocycles. The number of aromatic nitrogens is 4. The quantitative estimate of drug-likeness (QED) is 0.811. The van der Waals surface area contributed by atoms with Gasteiger partial charge >= 0.3 is 0 Å². The lowest BCUT2D eigenvalue weighted by molar-refractivity contribution is 0.00356. The van der Waals surface area contributed by atoms with Crippen LogP contribution in [0.2, 0.25) is 0 Å². The van der Waals surface area contributed by atoms with Crippen LogP contribution in [0.1, 0.15) is 19.8 Å². The SMILES string of the molecule is CC1(Cn2nnnc2-c2ccc(N)cc2N)CCCO1. The summed E-state index contributed by atoms with van der Waals surface area (Å²) in [7, 11) is 0. The molecule has 1 aromatic heterocycles. The Morgan fingerprint density at radius 1 is 1.40 bits per heavy atom. The van der Waals surface area contributed by atoms with E-state index in [2.05, 4.69) is 22.4 Å². The lowest BCUT2D eigenvalue weighted by Crippen LogP contribution is -2.30. The summed E-state index contributed by atoms with van der Waals surface area (Å²) in [5.74, 6) is 0.638. The highest BCUT2D eigenvalue weighted by molar-refractivity contribution is 5.74. The number of nitrogen functional groups attached to an aromatic ring is 2. The van der Waals surface area contributed by atoms with Crippen molar-refractivity contribution in [3.8, 4) is 11.4 Å². The molecule has 2 aromatic rings. The average molecular weight is 274 g/mol. The number of tetrazole rings is 1. The van der Waals surface area contributed by atoms with Crippen LogP contribution in [-0.4, -0.2) is 32.4 Å². The van der Waals surface area contributed by atoms with Crippen molar-refractivity contribution in [3.05, 3.63) is 18.2 Å². The molecule has 1 aliphatic heterocycles. The van der Waals surface area contributed by atoms with Crippen LogP contribution in [0.15, 0.2) is 18.2 Å². The van der Waals surface area contributed by atoms with Crippen LogP contribution in [-0.2, 0) is 11.3 Å². The zero-order chi connectivity index (χ0) is 14.2.